The lowest BCUT2D eigenvalue weighted by Gasteiger charge is -2.42. The molecule has 7 heteroatoms. The highest BCUT2D eigenvalue weighted by Gasteiger charge is 2.41. The molecule has 0 amide bonds. The first-order valence-electron chi connectivity index (χ1n) is 15.9. The van der Waals surface area contributed by atoms with E-state index in [2.05, 4.69) is 89.7 Å². The van der Waals surface area contributed by atoms with Crippen molar-refractivity contribution >= 4 is 38.5 Å². The van der Waals surface area contributed by atoms with Crippen LogP contribution in [-0.2, 0) is 18.4 Å². The van der Waals surface area contributed by atoms with Crippen molar-refractivity contribution < 1.29 is 18.4 Å². The molecule has 0 heterocycles. The Morgan fingerprint density at radius 3 is 1.70 bits per heavy atom. The van der Waals surface area contributed by atoms with Crippen LogP contribution in [0, 0.1) is 0 Å². The zero-order valence-corrected chi connectivity index (χ0v) is 31.8. The summed E-state index contributed by atoms with van der Waals surface area (Å²) in [6.07, 6.45) is 21.0. The second-order valence-corrected chi connectivity index (χ2v) is 24.6. The maximum Gasteiger partial charge on any atom is 0.330 e. The molecule has 0 N–H and O–H groups in total. The summed E-state index contributed by atoms with van der Waals surface area (Å²) in [5.74, 6) is -0.303. The number of carbonyl (C=O) groups excluding carboxylic acids is 1. The van der Waals surface area contributed by atoms with Gasteiger partial charge in [-0.1, -0.05) is 121 Å². The van der Waals surface area contributed by atoms with Crippen LogP contribution in [0.25, 0.3) is 0 Å². The van der Waals surface area contributed by atoms with E-state index in [1.165, 1.54) is 57.4 Å². The zero-order valence-electron chi connectivity index (χ0n) is 28.2. The normalized spacial score (nSPS) is 15.2. The van der Waals surface area contributed by atoms with Crippen molar-refractivity contribution in [2.45, 2.75) is 168 Å². The van der Waals surface area contributed by atoms with Crippen molar-refractivity contribution in [1.82, 2.24) is 0 Å². The summed E-state index contributed by atoms with van der Waals surface area (Å²) in [6.45, 7) is 25.5. The van der Waals surface area contributed by atoms with E-state index in [0.717, 1.165) is 24.6 Å². The Hall–Kier alpha value is -0.216. The van der Waals surface area contributed by atoms with Crippen LogP contribution in [0.2, 0.25) is 36.3 Å². The van der Waals surface area contributed by atoms with Gasteiger partial charge in [-0.05, 0) is 68.9 Å². The van der Waals surface area contributed by atoms with Crippen molar-refractivity contribution in [3.63, 3.8) is 0 Å². The van der Waals surface area contributed by atoms with Gasteiger partial charge in [0.15, 0.2) is 16.6 Å². The molecule has 0 bridgehead atoms. The van der Waals surface area contributed by atoms with Gasteiger partial charge in [-0.2, -0.15) is 0 Å². The topological polar surface area (TPSA) is 44.8 Å². The molecule has 0 aliphatic heterocycles. The molecule has 2 unspecified atom stereocenters. The van der Waals surface area contributed by atoms with Crippen LogP contribution in [-0.4, -0.2) is 46.7 Å². The van der Waals surface area contributed by atoms with Gasteiger partial charge in [-0.3, -0.25) is 0 Å². The molecular formula is C33H65BrO4Si2. The predicted octanol–water partition coefficient (Wildman–Crippen LogP) is 11.1. The van der Waals surface area contributed by atoms with E-state index < -0.39 is 16.6 Å². The van der Waals surface area contributed by atoms with E-state index in [1.807, 2.05) is 13.0 Å². The maximum atomic E-state index is 11.6. The third-order valence-electron chi connectivity index (χ3n) is 8.64. The summed E-state index contributed by atoms with van der Waals surface area (Å²) in [5.41, 5.74) is 0. The van der Waals surface area contributed by atoms with E-state index in [-0.39, 0.29) is 28.3 Å². The first-order chi connectivity index (χ1) is 18.5. The number of hydrogen-bond acceptors (Lipinski definition) is 4. The van der Waals surface area contributed by atoms with E-state index in [4.69, 9.17) is 13.6 Å². The van der Waals surface area contributed by atoms with Crippen LogP contribution >= 0.6 is 15.9 Å². The van der Waals surface area contributed by atoms with E-state index >= 15 is 0 Å². The predicted molar refractivity (Wildman–Crippen MR) is 184 cm³/mol. The van der Waals surface area contributed by atoms with Crippen molar-refractivity contribution in [2.75, 3.05) is 11.9 Å². The van der Waals surface area contributed by atoms with Crippen LogP contribution in [0.3, 0.4) is 0 Å². The lowest BCUT2D eigenvalue weighted by Crippen LogP contribution is -2.47. The number of unbranched alkanes of at least 4 members (excludes halogenated alkanes) is 7. The highest BCUT2D eigenvalue weighted by Crippen LogP contribution is 2.40. The zero-order chi connectivity index (χ0) is 30.9. The number of carbonyl (C=O) groups is 1. The van der Waals surface area contributed by atoms with E-state index in [1.54, 1.807) is 6.08 Å². The van der Waals surface area contributed by atoms with Gasteiger partial charge < -0.3 is 13.6 Å². The molecule has 0 spiro atoms. The fraction of sp³-hybridized carbons (Fsp3) is 0.848. The summed E-state index contributed by atoms with van der Waals surface area (Å²) < 4.78 is 19.0. The molecule has 0 fully saturated rings. The molecule has 0 aromatic heterocycles. The minimum Gasteiger partial charge on any atom is -0.463 e. The first-order valence-corrected chi connectivity index (χ1v) is 22.8. The van der Waals surface area contributed by atoms with E-state index in [9.17, 15) is 4.79 Å². The molecule has 0 saturated heterocycles. The molecule has 2 atom stereocenters. The number of hydrogen-bond donors (Lipinski definition) is 0. The minimum absolute atomic E-state index is 0.0948. The molecule has 0 saturated carbocycles. The SMILES string of the molecule is CCOC(=O)/C=C/C=C/CC(CC(CCCCCCCCCCBr)O[Si](C)(C)C(C)(C)C)O[Si](C)(C)C(C)(C)C. The Labute approximate surface area is 259 Å². The largest absolute Gasteiger partial charge is 0.463 e. The van der Waals surface area contributed by atoms with E-state index in [0.29, 0.717) is 6.61 Å². The third-order valence-corrected chi connectivity index (χ3v) is 18.3. The summed E-state index contributed by atoms with van der Waals surface area (Å²) in [6, 6.07) is 0. The second kappa shape index (κ2) is 19.9. The average Bonchev–Trinajstić information content (AvgIpc) is 2.81. The quantitative estimate of drug-likeness (QED) is 0.0307. The molecule has 236 valence electrons. The Morgan fingerprint density at radius 1 is 0.750 bits per heavy atom. The Bertz CT molecular complexity index is 736. The van der Waals surface area contributed by atoms with Gasteiger partial charge >= 0.3 is 5.97 Å². The van der Waals surface area contributed by atoms with Crippen molar-refractivity contribution in [3.05, 3.63) is 24.3 Å². The molecule has 0 aromatic rings. The molecule has 40 heavy (non-hydrogen) atoms. The summed E-state index contributed by atoms with van der Waals surface area (Å²) in [7, 11) is -3.88. The molecular weight excluding hydrogens is 596 g/mol. The fourth-order valence-electron chi connectivity index (χ4n) is 4.06. The van der Waals surface area contributed by atoms with Crippen molar-refractivity contribution in [3.8, 4) is 0 Å². The maximum absolute atomic E-state index is 11.6. The van der Waals surface area contributed by atoms with Crippen LogP contribution in [0.1, 0.15) is 119 Å². The summed E-state index contributed by atoms with van der Waals surface area (Å²) in [4.78, 5) is 11.6. The highest BCUT2D eigenvalue weighted by molar-refractivity contribution is 9.09. The average molecular weight is 662 g/mol. The second-order valence-electron chi connectivity index (χ2n) is 14.3. The number of ether oxygens (including phenoxy) is 1. The number of esters is 1. The molecule has 0 aromatic carbocycles. The molecule has 0 radical (unpaired) electrons. The van der Waals surface area contributed by atoms with Gasteiger partial charge in [0.05, 0.1) is 12.7 Å². The van der Waals surface area contributed by atoms with Gasteiger partial charge in [-0.15, -0.1) is 0 Å². The molecule has 0 rings (SSSR count). The monoisotopic (exact) mass is 660 g/mol. The molecule has 0 aliphatic carbocycles. The number of allylic oxidation sites excluding steroid dienone is 2. The van der Waals surface area contributed by atoms with Crippen LogP contribution < -0.4 is 0 Å². The Kier molecular flexibility index (Phi) is 19.8. The number of rotatable bonds is 21. The molecule has 4 nitrogen and oxygen atoms in total. The van der Waals surface area contributed by atoms with Gasteiger partial charge in [-0.25, -0.2) is 4.79 Å². The lowest BCUT2D eigenvalue weighted by atomic mass is 10.0. The highest BCUT2D eigenvalue weighted by atomic mass is 79.9. The van der Waals surface area contributed by atoms with Crippen LogP contribution in [0.4, 0.5) is 0 Å². The molecule has 0 aliphatic rings. The Morgan fingerprint density at radius 2 is 1.23 bits per heavy atom. The van der Waals surface area contributed by atoms with Crippen LogP contribution in [0.5, 0.6) is 0 Å². The van der Waals surface area contributed by atoms with Gasteiger partial charge in [0.1, 0.15) is 0 Å². The Balaban J connectivity index is 5.51. The first kappa shape index (κ1) is 39.8. The smallest absolute Gasteiger partial charge is 0.330 e. The van der Waals surface area contributed by atoms with Crippen molar-refractivity contribution in [2.24, 2.45) is 0 Å². The van der Waals surface area contributed by atoms with Gasteiger partial charge in [0, 0.05) is 17.5 Å². The number of halogens is 1. The van der Waals surface area contributed by atoms with Gasteiger partial charge in [0.2, 0.25) is 0 Å². The minimum atomic E-state index is -1.96. The third kappa shape index (κ3) is 17.7. The summed E-state index contributed by atoms with van der Waals surface area (Å²) in [5, 5.41) is 1.44. The fourth-order valence-corrected chi connectivity index (χ4v) is 7.23. The lowest BCUT2D eigenvalue weighted by molar-refractivity contribution is -0.137. The number of alkyl halides is 1. The summed E-state index contributed by atoms with van der Waals surface area (Å²) >= 11 is 3.53. The van der Waals surface area contributed by atoms with Crippen LogP contribution in [0.15, 0.2) is 24.3 Å². The standard InChI is InChI=1S/C33H65BrO4Si2/c1-12-36-31(35)26-22-19-21-25-30(38-40(10,11)33(5,6)7)28-29(37-39(8,9)32(2,3)4)24-20-17-15-13-14-16-18-23-27-34/h19,21-22,26,29-30H,12-18,20,23-25,27-28H2,1-11H3/b21-19+,26-22+. The van der Waals surface area contributed by atoms with Gasteiger partial charge in [0.25, 0.3) is 0 Å². The van der Waals surface area contributed by atoms with Crippen molar-refractivity contribution in [1.29, 1.82) is 0 Å².